The molecule has 0 amide bonds. The molecule has 2 N–H and O–H groups in total. The maximum atomic E-state index is 11.6. The van der Waals surface area contributed by atoms with Crippen LogP contribution in [0.2, 0.25) is 0 Å². The van der Waals surface area contributed by atoms with Crippen molar-refractivity contribution in [1.82, 2.24) is 4.98 Å². The Kier molecular flexibility index (Phi) is 5.61. The standard InChI is InChI=1S/C22H24BrNO3/c1-12(13(2)22(25)26)20-14(3)24-18-9-10-19(27-4)17(21(18)20)11-15-5-7-16(23)8-6-15/h5-10,12-13,24H,11H2,1-4H3,(H,25,26). The third-order valence-corrected chi connectivity index (χ3v) is 5.90. The van der Waals surface area contributed by atoms with E-state index < -0.39 is 11.9 Å². The van der Waals surface area contributed by atoms with E-state index in [0.29, 0.717) is 6.42 Å². The molecular weight excluding hydrogens is 406 g/mol. The Labute approximate surface area is 167 Å². The molecular formula is C22H24BrNO3. The number of aromatic amines is 1. The van der Waals surface area contributed by atoms with E-state index in [4.69, 9.17) is 4.74 Å². The Hall–Kier alpha value is -2.27. The number of fused-ring (bicyclic) bond motifs is 1. The van der Waals surface area contributed by atoms with E-state index >= 15 is 0 Å². The van der Waals surface area contributed by atoms with Crippen molar-refractivity contribution in [1.29, 1.82) is 0 Å². The molecule has 3 aromatic rings. The summed E-state index contributed by atoms with van der Waals surface area (Å²) < 4.78 is 6.70. The van der Waals surface area contributed by atoms with Gasteiger partial charge in [0.15, 0.2) is 0 Å². The topological polar surface area (TPSA) is 62.3 Å². The molecule has 0 aliphatic carbocycles. The number of rotatable bonds is 6. The zero-order valence-corrected chi connectivity index (χ0v) is 17.6. The lowest BCUT2D eigenvalue weighted by Crippen LogP contribution is -2.17. The van der Waals surface area contributed by atoms with Gasteiger partial charge >= 0.3 is 5.97 Å². The van der Waals surface area contributed by atoms with Gasteiger partial charge in [-0.15, -0.1) is 0 Å². The summed E-state index contributed by atoms with van der Waals surface area (Å²) in [6, 6.07) is 12.2. The first kappa shape index (κ1) is 19.5. The van der Waals surface area contributed by atoms with Crippen LogP contribution in [-0.2, 0) is 11.2 Å². The first-order valence-corrected chi connectivity index (χ1v) is 9.78. The Morgan fingerprint density at radius 3 is 2.44 bits per heavy atom. The number of H-pyrrole nitrogens is 1. The van der Waals surface area contributed by atoms with Crippen molar-refractivity contribution < 1.29 is 14.6 Å². The normalized spacial score (nSPS) is 13.5. The summed E-state index contributed by atoms with van der Waals surface area (Å²) in [7, 11) is 1.68. The van der Waals surface area contributed by atoms with Crippen LogP contribution in [0.25, 0.3) is 10.9 Å². The molecule has 1 aromatic heterocycles. The minimum absolute atomic E-state index is 0.118. The Balaban J connectivity index is 2.20. The smallest absolute Gasteiger partial charge is 0.306 e. The van der Waals surface area contributed by atoms with Gasteiger partial charge in [0.05, 0.1) is 13.0 Å². The maximum absolute atomic E-state index is 11.6. The number of carboxylic acids is 1. The van der Waals surface area contributed by atoms with Gasteiger partial charge in [-0.25, -0.2) is 0 Å². The molecule has 0 aliphatic rings. The molecule has 4 nitrogen and oxygen atoms in total. The Bertz CT molecular complexity index is 975. The second kappa shape index (κ2) is 7.77. The molecule has 3 rings (SSSR count). The molecule has 2 unspecified atom stereocenters. The van der Waals surface area contributed by atoms with Crippen LogP contribution in [0.3, 0.4) is 0 Å². The number of aromatic nitrogens is 1. The highest BCUT2D eigenvalue weighted by Gasteiger charge is 2.27. The number of halogens is 1. The van der Waals surface area contributed by atoms with Crippen molar-refractivity contribution in [3.05, 3.63) is 63.3 Å². The van der Waals surface area contributed by atoms with Crippen molar-refractivity contribution in [2.45, 2.75) is 33.1 Å². The lowest BCUT2D eigenvalue weighted by molar-refractivity contribution is -0.141. The maximum Gasteiger partial charge on any atom is 0.306 e. The minimum atomic E-state index is -0.784. The summed E-state index contributed by atoms with van der Waals surface area (Å²) in [6.45, 7) is 5.76. The van der Waals surface area contributed by atoms with E-state index in [1.165, 1.54) is 5.56 Å². The highest BCUT2D eigenvalue weighted by molar-refractivity contribution is 9.10. The fraction of sp³-hybridized carbons (Fsp3) is 0.318. The van der Waals surface area contributed by atoms with Gasteiger partial charge in [-0.2, -0.15) is 0 Å². The number of carboxylic acid groups (broad SMARTS) is 1. The van der Waals surface area contributed by atoms with Crippen molar-refractivity contribution >= 4 is 32.8 Å². The van der Waals surface area contributed by atoms with Crippen molar-refractivity contribution in [2.75, 3.05) is 7.11 Å². The zero-order chi connectivity index (χ0) is 19.7. The summed E-state index contributed by atoms with van der Waals surface area (Å²) in [4.78, 5) is 15.0. The van der Waals surface area contributed by atoms with Crippen LogP contribution in [0.15, 0.2) is 40.9 Å². The number of nitrogens with one attached hydrogen (secondary N) is 1. The minimum Gasteiger partial charge on any atom is -0.496 e. The monoisotopic (exact) mass is 429 g/mol. The molecule has 2 atom stereocenters. The number of hydrogen-bond donors (Lipinski definition) is 2. The summed E-state index contributed by atoms with van der Waals surface area (Å²) in [5.74, 6) is -0.559. The Morgan fingerprint density at radius 1 is 1.19 bits per heavy atom. The summed E-state index contributed by atoms with van der Waals surface area (Å²) in [6.07, 6.45) is 0.715. The number of hydrogen-bond acceptors (Lipinski definition) is 2. The number of methoxy groups -OCH3 is 1. The molecule has 5 heteroatoms. The van der Waals surface area contributed by atoms with Crippen LogP contribution >= 0.6 is 15.9 Å². The molecule has 0 aliphatic heterocycles. The zero-order valence-electron chi connectivity index (χ0n) is 16.0. The highest BCUT2D eigenvalue weighted by atomic mass is 79.9. The molecule has 142 valence electrons. The second-order valence-electron chi connectivity index (χ2n) is 7.05. The van der Waals surface area contributed by atoms with E-state index in [9.17, 15) is 9.90 Å². The van der Waals surface area contributed by atoms with Gasteiger partial charge in [-0.3, -0.25) is 4.79 Å². The molecule has 2 aromatic carbocycles. The van der Waals surface area contributed by atoms with Crippen LogP contribution in [-0.4, -0.2) is 23.2 Å². The van der Waals surface area contributed by atoms with Gasteiger partial charge < -0.3 is 14.8 Å². The van der Waals surface area contributed by atoms with Gasteiger partial charge in [0.25, 0.3) is 0 Å². The summed E-state index contributed by atoms with van der Waals surface area (Å²) in [5, 5.41) is 10.6. The van der Waals surface area contributed by atoms with E-state index in [-0.39, 0.29) is 5.92 Å². The van der Waals surface area contributed by atoms with E-state index in [1.54, 1.807) is 14.0 Å². The molecule has 0 saturated heterocycles. The third kappa shape index (κ3) is 3.74. The van der Waals surface area contributed by atoms with E-state index in [2.05, 4.69) is 33.0 Å². The fourth-order valence-electron chi connectivity index (χ4n) is 3.70. The molecule has 27 heavy (non-hydrogen) atoms. The molecule has 1 heterocycles. The number of ether oxygens (including phenoxy) is 1. The highest BCUT2D eigenvalue weighted by Crippen LogP contribution is 2.39. The van der Waals surface area contributed by atoms with Crippen molar-refractivity contribution in [3.63, 3.8) is 0 Å². The lowest BCUT2D eigenvalue weighted by Gasteiger charge is -2.19. The van der Waals surface area contributed by atoms with Crippen LogP contribution in [0.1, 0.15) is 42.1 Å². The molecule has 0 spiro atoms. The fourth-order valence-corrected chi connectivity index (χ4v) is 3.97. The first-order chi connectivity index (χ1) is 12.8. The molecule has 0 bridgehead atoms. The van der Waals surface area contributed by atoms with E-state index in [1.807, 2.05) is 38.1 Å². The number of aryl methyl sites for hydroxylation is 1. The number of aliphatic carboxylic acids is 1. The quantitative estimate of drug-likeness (QED) is 0.530. The van der Waals surface area contributed by atoms with Gasteiger partial charge in [0.2, 0.25) is 0 Å². The average molecular weight is 430 g/mol. The molecule has 0 fully saturated rings. The molecule has 0 saturated carbocycles. The molecule has 0 radical (unpaired) electrons. The van der Waals surface area contributed by atoms with Gasteiger partial charge in [0.1, 0.15) is 5.75 Å². The third-order valence-electron chi connectivity index (χ3n) is 5.37. The van der Waals surface area contributed by atoms with E-state index in [0.717, 1.165) is 37.9 Å². The SMILES string of the molecule is COc1ccc2[nH]c(C)c(C(C)C(C)C(=O)O)c2c1Cc1ccc(Br)cc1. The van der Waals surface area contributed by atoms with Gasteiger partial charge in [-0.05, 0) is 48.2 Å². The first-order valence-electron chi connectivity index (χ1n) is 8.98. The predicted octanol–water partition coefficient (Wildman–Crippen LogP) is 5.66. The van der Waals surface area contributed by atoms with Crippen LogP contribution in [0.5, 0.6) is 5.75 Å². The van der Waals surface area contributed by atoms with Crippen LogP contribution in [0.4, 0.5) is 0 Å². The summed E-state index contributed by atoms with van der Waals surface area (Å²) >= 11 is 3.48. The average Bonchev–Trinajstić information content (AvgIpc) is 2.98. The lowest BCUT2D eigenvalue weighted by atomic mass is 9.85. The van der Waals surface area contributed by atoms with Crippen LogP contribution in [0, 0.1) is 12.8 Å². The summed E-state index contributed by atoms with van der Waals surface area (Å²) in [5.41, 5.74) is 5.34. The number of carbonyl (C=O) groups is 1. The van der Waals surface area contributed by atoms with Crippen molar-refractivity contribution in [2.24, 2.45) is 5.92 Å². The largest absolute Gasteiger partial charge is 0.496 e. The predicted molar refractivity (Wildman–Crippen MR) is 112 cm³/mol. The second-order valence-corrected chi connectivity index (χ2v) is 7.97. The van der Waals surface area contributed by atoms with Crippen LogP contribution < -0.4 is 4.74 Å². The van der Waals surface area contributed by atoms with Gasteiger partial charge in [-0.1, -0.05) is 41.9 Å². The Morgan fingerprint density at radius 2 is 1.85 bits per heavy atom. The van der Waals surface area contributed by atoms with Crippen molar-refractivity contribution in [3.8, 4) is 5.75 Å². The number of benzene rings is 2. The van der Waals surface area contributed by atoms with Gasteiger partial charge in [0, 0.05) is 33.1 Å².